The molecule has 1 atom stereocenters. The van der Waals surface area contributed by atoms with Crippen molar-refractivity contribution in [1.82, 2.24) is 0 Å². The van der Waals surface area contributed by atoms with E-state index in [2.05, 4.69) is 20.3 Å². The Kier molecular flexibility index (Phi) is 4.44. The van der Waals surface area contributed by atoms with E-state index >= 15 is 0 Å². The molecule has 18 heavy (non-hydrogen) atoms. The summed E-state index contributed by atoms with van der Waals surface area (Å²) >= 11 is 3.42. The summed E-state index contributed by atoms with van der Waals surface area (Å²) in [4.78, 5) is 0.712. The van der Waals surface area contributed by atoms with Crippen LogP contribution in [0.25, 0.3) is 0 Å². The SMILES string of the molecule is Cc1ccc(S(=O)/N=C/c2ccccc2Br)cc1. The maximum absolute atomic E-state index is 11.9. The summed E-state index contributed by atoms with van der Waals surface area (Å²) in [5.74, 6) is 0. The van der Waals surface area contributed by atoms with Crippen molar-refractivity contribution in [2.24, 2.45) is 4.40 Å². The molecule has 0 aliphatic carbocycles. The first-order valence-corrected chi connectivity index (χ1v) is 7.34. The standard InChI is InChI=1S/C14H12BrNOS/c1-11-6-8-13(9-7-11)18(17)16-10-12-4-2-3-5-14(12)15/h2-10H,1H3/b16-10+. The van der Waals surface area contributed by atoms with Gasteiger partial charge in [0.2, 0.25) is 0 Å². The minimum absolute atomic E-state index is 0.712. The van der Waals surface area contributed by atoms with E-state index in [4.69, 9.17) is 0 Å². The lowest BCUT2D eigenvalue weighted by molar-refractivity contribution is 0.684. The number of benzene rings is 2. The zero-order valence-electron chi connectivity index (χ0n) is 9.84. The van der Waals surface area contributed by atoms with Crippen molar-refractivity contribution in [2.45, 2.75) is 11.8 Å². The number of hydrogen-bond donors (Lipinski definition) is 0. The molecular weight excluding hydrogens is 310 g/mol. The highest BCUT2D eigenvalue weighted by molar-refractivity contribution is 9.10. The Morgan fingerprint density at radius 3 is 2.44 bits per heavy atom. The predicted molar refractivity (Wildman–Crippen MR) is 79.3 cm³/mol. The Hall–Kier alpha value is -1.26. The van der Waals surface area contributed by atoms with Crippen LogP contribution in [0.1, 0.15) is 11.1 Å². The summed E-state index contributed by atoms with van der Waals surface area (Å²) in [5.41, 5.74) is 2.06. The van der Waals surface area contributed by atoms with E-state index in [9.17, 15) is 4.21 Å². The van der Waals surface area contributed by atoms with E-state index in [-0.39, 0.29) is 0 Å². The van der Waals surface area contributed by atoms with Crippen LogP contribution in [-0.4, -0.2) is 10.4 Å². The van der Waals surface area contributed by atoms with Gasteiger partial charge in [0.25, 0.3) is 0 Å². The van der Waals surface area contributed by atoms with Gasteiger partial charge in [0.05, 0.1) is 4.90 Å². The van der Waals surface area contributed by atoms with Gasteiger partial charge in [0.15, 0.2) is 11.0 Å². The lowest BCUT2D eigenvalue weighted by Gasteiger charge is -1.98. The molecule has 0 aromatic heterocycles. The maximum atomic E-state index is 11.9. The second-order valence-electron chi connectivity index (χ2n) is 3.82. The lowest BCUT2D eigenvalue weighted by Crippen LogP contribution is -1.90. The number of aryl methyl sites for hydroxylation is 1. The Balaban J connectivity index is 2.17. The van der Waals surface area contributed by atoms with E-state index in [0.29, 0.717) is 4.90 Å². The highest BCUT2D eigenvalue weighted by Crippen LogP contribution is 2.14. The second kappa shape index (κ2) is 6.07. The first-order valence-electron chi connectivity index (χ1n) is 5.44. The van der Waals surface area contributed by atoms with Crippen molar-refractivity contribution >= 4 is 33.1 Å². The molecule has 0 saturated carbocycles. The van der Waals surface area contributed by atoms with Crippen LogP contribution in [-0.2, 0) is 11.0 Å². The summed E-state index contributed by atoms with van der Waals surface area (Å²) in [6.45, 7) is 2.00. The molecule has 0 radical (unpaired) electrons. The second-order valence-corrected chi connectivity index (χ2v) is 5.85. The molecule has 0 amide bonds. The van der Waals surface area contributed by atoms with Gasteiger partial charge in [-0.3, -0.25) is 0 Å². The van der Waals surface area contributed by atoms with Crippen LogP contribution in [0.4, 0.5) is 0 Å². The van der Waals surface area contributed by atoms with Gasteiger partial charge in [-0.05, 0) is 25.1 Å². The monoisotopic (exact) mass is 321 g/mol. The van der Waals surface area contributed by atoms with Crippen LogP contribution < -0.4 is 0 Å². The lowest BCUT2D eigenvalue weighted by atomic mass is 10.2. The van der Waals surface area contributed by atoms with E-state index in [1.165, 1.54) is 0 Å². The molecule has 4 heteroatoms. The van der Waals surface area contributed by atoms with E-state index in [1.807, 2.05) is 55.5 Å². The molecule has 92 valence electrons. The summed E-state index contributed by atoms with van der Waals surface area (Å²) in [7, 11) is -1.35. The van der Waals surface area contributed by atoms with Crippen LogP contribution in [0.5, 0.6) is 0 Å². The summed E-state index contributed by atoms with van der Waals surface area (Å²) in [6, 6.07) is 15.2. The molecule has 1 unspecified atom stereocenters. The third kappa shape index (κ3) is 3.37. The van der Waals surface area contributed by atoms with Gasteiger partial charge < -0.3 is 0 Å². The van der Waals surface area contributed by atoms with Gasteiger partial charge in [0, 0.05) is 16.3 Å². The molecule has 0 spiro atoms. The van der Waals surface area contributed by atoms with Crippen LogP contribution in [0, 0.1) is 6.92 Å². The highest BCUT2D eigenvalue weighted by Gasteiger charge is 2.01. The maximum Gasteiger partial charge on any atom is 0.172 e. The fraction of sp³-hybridized carbons (Fsp3) is 0.0714. The summed E-state index contributed by atoms with van der Waals surface area (Å²) < 4.78 is 17.0. The molecule has 0 saturated heterocycles. The smallest absolute Gasteiger partial charge is 0.172 e. The molecule has 2 aromatic rings. The quantitative estimate of drug-likeness (QED) is 0.788. The Bertz CT molecular complexity index is 593. The third-order valence-corrected chi connectivity index (χ3v) is 4.11. The molecule has 2 rings (SSSR count). The van der Waals surface area contributed by atoms with E-state index in [0.717, 1.165) is 15.6 Å². The van der Waals surface area contributed by atoms with E-state index in [1.54, 1.807) is 6.21 Å². The number of nitrogens with zero attached hydrogens (tertiary/aromatic N) is 1. The average Bonchev–Trinajstić information content (AvgIpc) is 2.38. The molecule has 0 heterocycles. The Morgan fingerprint density at radius 1 is 1.11 bits per heavy atom. The zero-order chi connectivity index (χ0) is 13.0. The van der Waals surface area contributed by atoms with Crippen LogP contribution in [0.3, 0.4) is 0 Å². The molecule has 0 aliphatic rings. The summed E-state index contributed by atoms with van der Waals surface area (Å²) in [6.07, 6.45) is 1.63. The number of rotatable bonds is 3. The zero-order valence-corrected chi connectivity index (χ0v) is 12.2. The van der Waals surface area contributed by atoms with Crippen molar-refractivity contribution < 1.29 is 4.21 Å². The molecule has 0 bridgehead atoms. The van der Waals surface area contributed by atoms with Gasteiger partial charge in [-0.2, -0.15) is 4.40 Å². The molecule has 0 aliphatic heterocycles. The largest absolute Gasteiger partial charge is 0.229 e. The molecule has 2 aromatic carbocycles. The van der Waals surface area contributed by atoms with Gasteiger partial charge in [0.1, 0.15) is 0 Å². The predicted octanol–water partition coefficient (Wildman–Crippen LogP) is 3.90. The minimum Gasteiger partial charge on any atom is -0.229 e. The van der Waals surface area contributed by atoms with E-state index < -0.39 is 11.0 Å². The van der Waals surface area contributed by atoms with Gasteiger partial charge in [-0.25, -0.2) is 4.21 Å². The van der Waals surface area contributed by atoms with Gasteiger partial charge in [-0.15, -0.1) is 0 Å². The van der Waals surface area contributed by atoms with Crippen molar-refractivity contribution in [3.05, 3.63) is 64.1 Å². The van der Waals surface area contributed by atoms with Crippen molar-refractivity contribution in [3.63, 3.8) is 0 Å². The summed E-state index contributed by atoms with van der Waals surface area (Å²) in [5, 5.41) is 0. The van der Waals surface area contributed by atoms with Crippen molar-refractivity contribution in [1.29, 1.82) is 0 Å². The number of hydrogen-bond acceptors (Lipinski definition) is 1. The average molecular weight is 322 g/mol. The minimum atomic E-state index is -1.35. The topological polar surface area (TPSA) is 29.4 Å². The highest BCUT2D eigenvalue weighted by atomic mass is 79.9. The normalized spacial score (nSPS) is 12.8. The first-order chi connectivity index (χ1) is 8.66. The van der Waals surface area contributed by atoms with Crippen molar-refractivity contribution in [3.8, 4) is 0 Å². The fourth-order valence-corrected chi connectivity index (χ4v) is 2.49. The number of halogens is 1. The van der Waals surface area contributed by atoms with Crippen LogP contribution in [0.15, 0.2) is 62.3 Å². The fourth-order valence-electron chi connectivity index (χ4n) is 1.40. The van der Waals surface area contributed by atoms with Crippen LogP contribution in [0.2, 0.25) is 0 Å². The molecular formula is C14H12BrNOS. The van der Waals surface area contributed by atoms with Crippen LogP contribution >= 0.6 is 15.9 Å². The van der Waals surface area contributed by atoms with Gasteiger partial charge in [-0.1, -0.05) is 51.8 Å². The molecule has 2 nitrogen and oxygen atoms in total. The Labute approximate surface area is 117 Å². The molecule has 0 N–H and O–H groups in total. The third-order valence-electron chi connectivity index (χ3n) is 2.42. The first kappa shape index (κ1) is 13.2. The Morgan fingerprint density at radius 2 is 1.78 bits per heavy atom. The molecule has 0 fully saturated rings. The van der Waals surface area contributed by atoms with Gasteiger partial charge >= 0.3 is 0 Å². The van der Waals surface area contributed by atoms with Crippen molar-refractivity contribution in [2.75, 3.05) is 0 Å².